The molecule has 2 aliphatic rings. The molecule has 0 N–H and O–H groups in total. The molecule has 0 spiro atoms. The minimum Gasteiger partial charge on any atom is -0.457 e. The van der Waals surface area contributed by atoms with E-state index in [0.717, 1.165) is 45.4 Å². The highest BCUT2D eigenvalue weighted by molar-refractivity contribution is 7.01. The lowest BCUT2D eigenvalue weighted by atomic mass is 9.38. The van der Waals surface area contributed by atoms with Crippen LogP contribution in [0.3, 0.4) is 0 Å². The largest absolute Gasteiger partial charge is 0.457 e. The minimum atomic E-state index is -0.0316. The SMILES string of the molecule is CC(C)(C)c1cc(-c2cccc(-c3ccccc3)c2N2CN(c3cccc(Oc4cc5c6c7c(cccc7n(-c7cc(C(C)(C)C)ccn7)c6c4)B5c4ccccc4)c3)c3ccccc32)cc(C(C)(C)C)c1. The summed E-state index contributed by atoms with van der Waals surface area (Å²) in [6.07, 6.45) is 1.95. The summed E-state index contributed by atoms with van der Waals surface area (Å²) in [5.41, 5.74) is 19.3. The standard InChI is InChI=1S/C66H61BN4O/c1-64(2,3)45-33-34-68-60(38-45)71-58-32-20-29-54-61(58)62-55(67(54)48-23-14-11-15-24-48)40-51(41-59(62)71)72-50-26-18-25-49(39-50)69-42-70(57-31-17-16-30-56(57)69)63-52(43-21-12-10-13-22-43)27-19-28-53(63)44-35-46(65(4,5)6)37-47(36-44)66(7,8)9/h10-41H,42H2,1-9H3. The fraction of sp³-hybridized carbons (Fsp3) is 0.197. The third-order valence-corrected chi connectivity index (χ3v) is 15.0. The number of fused-ring (bicyclic) bond motifs is 1. The molecule has 0 aliphatic carbocycles. The van der Waals surface area contributed by atoms with Gasteiger partial charge in [-0.15, -0.1) is 0 Å². The first-order valence-corrected chi connectivity index (χ1v) is 25.5. The number of nitrogens with zero attached hydrogens (tertiary/aromatic N) is 4. The molecule has 4 heterocycles. The van der Waals surface area contributed by atoms with Crippen LogP contribution >= 0.6 is 0 Å². The molecule has 0 unspecified atom stereocenters. The molecule has 354 valence electrons. The van der Waals surface area contributed by atoms with Gasteiger partial charge in [0.2, 0.25) is 6.71 Å². The summed E-state index contributed by atoms with van der Waals surface area (Å²) >= 11 is 0. The smallest absolute Gasteiger partial charge is 0.243 e. The fourth-order valence-electron chi connectivity index (χ4n) is 11.2. The van der Waals surface area contributed by atoms with Crippen LogP contribution in [0.25, 0.3) is 49.9 Å². The van der Waals surface area contributed by atoms with Crippen LogP contribution in [-0.4, -0.2) is 22.9 Å². The van der Waals surface area contributed by atoms with Crippen molar-refractivity contribution < 1.29 is 4.74 Å². The van der Waals surface area contributed by atoms with Gasteiger partial charge in [0.05, 0.1) is 28.1 Å². The number of hydrogen-bond donors (Lipinski definition) is 0. The Bertz CT molecular complexity index is 3690. The lowest BCUT2D eigenvalue weighted by molar-refractivity contribution is 0.484. The van der Waals surface area contributed by atoms with Crippen LogP contribution in [0.1, 0.15) is 79.0 Å². The lowest BCUT2D eigenvalue weighted by Crippen LogP contribution is -2.49. The molecule has 0 radical (unpaired) electrons. The number of hydrogen-bond acceptors (Lipinski definition) is 4. The molecule has 2 aliphatic heterocycles. The maximum atomic E-state index is 7.12. The van der Waals surface area contributed by atoms with Crippen molar-refractivity contribution in [1.29, 1.82) is 0 Å². The normalized spacial score (nSPS) is 13.5. The average molecular weight is 937 g/mol. The highest BCUT2D eigenvalue weighted by Gasteiger charge is 2.36. The number of benzene rings is 8. The molecule has 8 aromatic carbocycles. The molecule has 2 aromatic heterocycles. The van der Waals surface area contributed by atoms with Gasteiger partial charge in [0.15, 0.2) is 0 Å². The van der Waals surface area contributed by atoms with Crippen molar-refractivity contribution >= 4 is 67.7 Å². The molecule has 0 bridgehead atoms. The highest BCUT2D eigenvalue weighted by atomic mass is 16.5. The number of pyridine rings is 1. The maximum absolute atomic E-state index is 7.12. The molecule has 6 heteroatoms. The van der Waals surface area contributed by atoms with Crippen molar-refractivity contribution in [3.05, 3.63) is 211 Å². The number of ether oxygens (including phenoxy) is 1. The van der Waals surface area contributed by atoms with Crippen molar-refractivity contribution in [3.8, 4) is 39.6 Å². The molecule has 0 amide bonds. The fourth-order valence-corrected chi connectivity index (χ4v) is 11.2. The zero-order valence-corrected chi connectivity index (χ0v) is 43.0. The van der Waals surface area contributed by atoms with E-state index in [9.17, 15) is 0 Å². The van der Waals surface area contributed by atoms with Gasteiger partial charge in [-0.3, -0.25) is 4.57 Å². The Morgan fingerprint density at radius 1 is 0.458 bits per heavy atom. The first-order chi connectivity index (χ1) is 34.6. The van der Waals surface area contributed by atoms with E-state index in [0.29, 0.717) is 6.67 Å². The number of aromatic nitrogens is 2. The van der Waals surface area contributed by atoms with Crippen LogP contribution in [-0.2, 0) is 16.2 Å². The molecule has 10 aromatic rings. The van der Waals surface area contributed by atoms with Crippen LogP contribution in [0.2, 0.25) is 0 Å². The Hall–Kier alpha value is -7.83. The summed E-state index contributed by atoms with van der Waals surface area (Å²) in [5.74, 6) is 2.48. The quantitative estimate of drug-likeness (QED) is 0.142. The minimum absolute atomic E-state index is 0.0264. The van der Waals surface area contributed by atoms with E-state index in [1.165, 1.54) is 71.8 Å². The molecule has 0 saturated carbocycles. The van der Waals surface area contributed by atoms with E-state index in [4.69, 9.17) is 9.72 Å². The Kier molecular flexibility index (Phi) is 10.6. The zero-order valence-electron chi connectivity index (χ0n) is 43.0. The first-order valence-electron chi connectivity index (χ1n) is 25.5. The monoisotopic (exact) mass is 936 g/mol. The van der Waals surface area contributed by atoms with Crippen LogP contribution in [0.5, 0.6) is 11.5 Å². The molecule has 0 saturated heterocycles. The molecule has 72 heavy (non-hydrogen) atoms. The van der Waals surface area contributed by atoms with E-state index in [1.807, 2.05) is 6.20 Å². The Morgan fingerprint density at radius 3 is 1.76 bits per heavy atom. The second kappa shape index (κ2) is 16.9. The van der Waals surface area contributed by atoms with Gasteiger partial charge in [-0.05, 0) is 92.6 Å². The van der Waals surface area contributed by atoms with Crippen LogP contribution in [0.4, 0.5) is 22.7 Å². The Morgan fingerprint density at radius 2 is 1.07 bits per heavy atom. The van der Waals surface area contributed by atoms with Crippen LogP contribution < -0.4 is 30.9 Å². The second-order valence-corrected chi connectivity index (χ2v) is 22.9. The summed E-state index contributed by atoms with van der Waals surface area (Å²) in [5, 5.41) is 2.56. The van der Waals surface area contributed by atoms with E-state index in [2.05, 4.69) is 265 Å². The Labute approximate surface area is 425 Å². The maximum Gasteiger partial charge on any atom is 0.243 e. The second-order valence-electron chi connectivity index (χ2n) is 22.9. The summed E-state index contributed by atoms with van der Waals surface area (Å²) in [4.78, 5) is 9.98. The molecule has 5 nitrogen and oxygen atoms in total. The topological polar surface area (TPSA) is 33.5 Å². The predicted octanol–water partition coefficient (Wildman–Crippen LogP) is 15.3. The summed E-state index contributed by atoms with van der Waals surface area (Å²) < 4.78 is 9.47. The lowest BCUT2D eigenvalue weighted by Gasteiger charge is -2.29. The number of anilines is 4. The van der Waals surface area contributed by atoms with E-state index in [1.54, 1.807) is 0 Å². The van der Waals surface area contributed by atoms with Crippen molar-refractivity contribution in [2.24, 2.45) is 0 Å². The van der Waals surface area contributed by atoms with Gasteiger partial charge in [0, 0.05) is 45.9 Å². The van der Waals surface area contributed by atoms with Gasteiger partial charge >= 0.3 is 0 Å². The van der Waals surface area contributed by atoms with Crippen LogP contribution in [0.15, 0.2) is 194 Å². The van der Waals surface area contributed by atoms with Crippen molar-refractivity contribution in [3.63, 3.8) is 0 Å². The summed E-state index contributed by atoms with van der Waals surface area (Å²) in [6.45, 7) is 21.4. The van der Waals surface area contributed by atoms with E-state index >= 15 is 0 Å². The first kappa shape index (κ1) is 45.3. The van der Waals surface area contributed by atoms with Gasteiger partial charge in [-0.2, -0.15) is 0 Å². The molecular formula is C66H61BN4O. The molecular weight excluding hydrogens is 876 g/mol. The van der Waals surface area contributed by atoms with E-state index in [-0.39, 0.29) is 23.0 Å². The van der Waals surface area contributed by atoms with Crippen LogP contribution in [0, 0.1) is 0 Å². The van der Waals surface area contributed by atoms with E-state index < -0.39 is 0 Å². The number of rotatable bonds is 8. The summed E-state index contributed by atoms with van der Waals surface area (Å²) in [6, 6.07) is 69.0. The van der Waals surface area contributed by atoms with Gasteiger partial charge in [0.1, 0.15) is 24.0 Å². The number of para-hydroxylation sites is 3. The zero-order chi connectivity index (χ0) is 49.7. The van der Waals surface area contributed by atoms with Gasteiger partial charge in [0.25, 0.3) is 0 Å². The summed E-state index contributed by atoms with van der Waals surface area (Å²) in [7, 11) is 0. The van der Waals surface area contributed by atoms with Gasteiger partial charge in [-0.1, -0.05) is 206 Å². The third-order valence-electron chi connectivity index (χ3n) is 15.0. The van der Waals surface area contributed by atoms with Crippen molar-refractivity contribution in [2.75, 3.05) is 16.5 Å². The average Bonchev–Trinajstić information content (AvgIpc) is 4.04. The third kappa shape index (κ3) is 7.76. The highest BCUT2D eigenvalue weighted by Crippen LogP contribution is 2.51. The van der Waals surface area contributed by atoms with Gasteiger partial charge < -0.3 is 14.5 Å². The molecule has 12 rings (SSSR count). The molecule has 0 fully saturated rings. The Balaban J connectivity index is 0.974. The van der Waals surface area contributed by atoms with Crippen molar-refractivity contribution in [1.82, 2.24) is 9.55 Å². The molecule has 0 atom stereocenters. The van der Waals surface area contributed by atoms with Crippen molar-refractivity contribution in [2.45, 2.75) is 78.6 Å². The van der Waals surface area contributed by atoms with Gasteiger partial charge in [-0.25, -0.2) is 4.98 Å². The predicted molar refractivity (Wildman–Crippen MR) is 305 cm³/mol.